The molecule has 0 aliphatic carbocycles. The molecule has 0 aromatic heterocycles. The quantitative estimate of drug-likeness (QED) is 0.529. The van der Waals surface area contributed by atoms with Crippen LogP contribution in [-0.4, -0.2) is 10.9 Å². The third kappa shape index (κ3) is 3.89. The number of halogens is 4. The fourth-order valence-corrected chi connectivity index (χ4v) is 2.72. The number of carbonyl (C=O) groups excluding carboxylic acids is 1. The Labute approximate surface area is 149 Å². The second-order valence-corrected chi connectivity index (χ2v) is 6.83. The van der Waals surface area contributed by atoms with Gasteiger partial charge < -0.3 is 5.11 Å². The van der Waals surface area contributed by atoms with Gasteiger partial charge in [0, 0.05) is 5.56 Å². The summed E-state index contributed by atoms with van der Waals surface area (Å²) < 4.78 is 52.7. The normalized spacial score (nSPS) is 12.1. The van der Waals surface area contributed by atoms with Crippen molar-refractivity contribution >= 4 is 5.78 Å². The van der Waals surface area contributed by atoms with Gasteiger partial charge in [0.2, 0.25) is 0 Å². The Hall–Kier alpha value is -2.37. The molecule has 0 saturated carbocycles. The maximum atomic E-state index is 14.1. The van der Waals surface area contributed by atoms with E-state index in [4.69, 9.17) is 0 Å². The summed E-state index contributed by atoms with van der Waals surface area (Å²) in [4.78, 5) is 12.7. The summed E-state index contributed by atoms with van der Waals surface area (Å²) in [5.41, 5.74) is -0.698. The minimum absolute atomic E-state index is 0.0495. The molecule has 0 unspecified atom stereocenters. The van der Waals surface area contributed by atoms with Crippen molar-refractivity contribution in [3.8, 4) is 5.75 Å². The van der Waals surface area contributed by atoms with Gasteiger partial charge in [-0.1, -0.05) is 27.7 Å². The highest BCUT2D eigenvalue weighted by Crippen LogP contribution is 2.36. The molecule has 0 saturated heterocycles. The summed E-state index contributed by atoms with van der Waals surface area (Å²) in [5, 5.41) is 10.4. The minimum Gasteiger partial charge on any atom is -0.507 e. The summed E-state index contributed by atoms with van der Waals surface area (Å²) >= 11 is 0. The van der Waals surface area contributed by atoms with Gasteiger partial charge in [-0.2, -0.15) is 13.2 Å². The van der Waals surface area contributed by atoms with Crippen LogP contribution in [0.1, 0.15) is 72.1 Å². The molecule has 2 aromatic carbocycles. The van der Waals surface area contributed by atoms with Gasteiger partial charge in [0.15, 0.2) is 5.78 Å². The molecule has 0 bridgehead atoms. The number of hydrogen-bond acceptors (Lipinski definition) is 2. The standard InChI is InChI=1S/C20H20F4O2/c1-10(2)14-7-12(8-15(11(3)4)19(14)26)18(25)16-9-13(20(22,23)24)5-6-17(16)21/h5-11,26H,1-4H3. The zero-order valence-electron chi connectivity index (χ0n) is 14.9. The molecule has 6 heteroatoms. The van der Waals surface area contributed by atoms with Crippen LogP contribution in [0.2, 0.25) is 0 Å². The molecule has 0 spiro atoms. The molecule has 1 N–H and O–H groups in total. The largest absolute Gasteiger partial charge is 0.507 e. The molecular weight excluding hydrogens is 348 g/mol. The Balaban J connectivity index is 2.64. The second-order valence-electron chi connectivity index (χ2n) is 6.83. The highest BCUT2D eigenvalue weighted by molar-refractivity contribution is 6.09. The van der Waals surface area contributed by atoms with Crippen LogP contribution < -0.4 is 0 Å². The van der Waals surface area contributed by atoms with E-state index >= 15 is 0 Å². The SMILES string of the molecule is CC(C)c1cc(C(=O)c2cc(C(F)(F)F)ccc2F)cc(C(C)C)c1O. The van der Waals surface area contributed by atoms with E-state index < -0.39 is 28.9 Å². The Morgan fingerprint density at radius 3 is 1.88 bits per heavy atom. The summed E-state index contributed by atoms with van der Waals surface area (Å²) in [6, 6.07) is 4.58. The molecule has 0 amide bonds. The van der Waals surface area contributed by atoms with Gasteiger partial charge in [-0.05, 0) is 53.3 Å². The molecule has 2 rings (SSSR count). The average molecular weight is 368 g/mol. The maximum absolute atomic E-state index is 14.1. The van der Waals surface area contributed by atoms with E-state index in [-0.39, 0.29) is 23.1 Å². The van der Waals surface area contributed by atoms with Gasteiger partial charge in [-0.3, -0.25) is 4.79 Å². The van der Waals surface area contributed by atoms with Gasteiger partial charge in [-0.15, -0.1) is 0 Å². The van der Waals surface area contributed by atoms with Crippen LogP contribution in [0.5, 0.6) is 5.75 Å². The number of aromatic hydroxyl groups is 1. The van der Waals surface area contributed by atoms with Gasteiger partial charge in [0.1, 0.15) is 11.6 Å². The van der Waals surface area contributed by atoms with Crippen molar-refractivity contribution in [3.05, 3.63) is 64.0 Å². The van der Waals surface area contributed by atoms with Crippen molar-refractivity contribution in [3.63, 3.8) is 0 Å². The van der Waals surface area contributed by atoms with Gasteiger partial charge >= 0.3 is 6.18 Å². The summed E-state index contributed by atoms with van der Waals surface area (Å²) in [6.45, 7) is 7.27. The zero-order valence-corrected chi connectivity index (χ0v) is 14.9. The number of benzene rings is 2. The number of alkyl halides is 3. The monoisotopic (exact) mass is 368 g/mol. The highest BCUT2D eigenvalue weighted by Gasteiger charge is 2.32. The van der Waals surface area contributed by atoms with E-state index in [1.54, 1.807) is 0 Å². The molecule has 2 nitrogen and oxygen atoms in total. The predicted octanol–water partition coefficient (Wildman–Crippen LogP) is 6.03. The molecule has 0 atom stereocenters. The Morgan fingerprint density at radius 1 is 0.962 bits per heavy atom. The number of phenols is 1. The van der Waals surface area contributed by atoms with Crippen molar-refractivity contribution in [2.45, 2.75) is 45.7 Å². The van der Waals surface area contributed by atoms with Crippen LogP contribution in [0.25, 0.3) is 0 Å². The minimum atomic E-state index is -4.68. The van der Waals surface area contributed by atoms with Crippen molar-refractivity contribution in [1.82, 2.24) is 0 Å². The Morgan fingerprint density at radius 2 is 1.46 bits per heavy atom. The van der Waals surface area contributed by atoms with Crippen LogP contribution in [0.15, 0.2) is 30.3 Å². The van der Waals surface area contributed by atoms with Gasteiger partial charge in [0.05, 0.1) is 11.1 Å². The van der Waals surface area contributed by atoms with Gasteiger partial charge in [0.25, 0.3) is 0 Å². The Bertz CT molecular complexity index is 807. The zero-order chi connectivity index (χ0) is 19.8. The fraction of sp³-hybridized carbons (Fsp3) is 0.350. The molecule has 0 radical (unpaired) electrons. The second kappa shape index (κ2) is 7.09. The summed E-state index contributed by atoms with van der Waals surface area (Å²) in [6.07, 6.45) is -4.68. The number of hydrogen-bond donors (Lipinski definition) is 1. The smallest absolute Gasteiger partial charge is 0.416 e. The van der Waals surface area contributed by atoms with E-state index in [1.807, 2.05) is 27.7 Å². The van der Waals surface area contributed by atoms with Crippen molar-refractivity contribution in [2.24, 2.45) is 0 Å². The van der Waals surface area contributed by atoms with E-state index in [1.165, 1.54) is 12.1 Å². The highest BCUT2D eigenvalue weighted by atomic mass is 19.4. The summed E-state index contributed by atoms with van der Waals surface area (Å²) in [5.74, 6) is -2.06. The lowest BCUT2D eigenvalue weighted by molar-refractivity contribution is -0.137. The number of carbonyl (C=O) groups is 1. The topological polar surface area (TPSA) is 37.3 Å². The molecular formula is C20H20F4O2. The van der Waals surface area contributed by atoms with E-state index in [0.29, 0.717) is 29.3 Å². The third-order valence-corrected chi connectivity index (χ3v) is 4.21. The lowest BCUT2D eigenvalue weighted by atomic mass is 9.89. The lowest BCUT2D eigenvalue weighted by Gasteiger charge is -2.17. The first-order valence-electron chi connectivity index (χ1n) is 8.21. The average Bonchev–Trinajstić information content (AvgIpc) is 2.53. The first-order valence-corrected chi connectivity index (χ1v) is 8.21. The lowest BCUT2D eigenvalue weighted by Crippen LogP contribution is -2.11. The molecule has 0 aliphatic rings. The number of ketones is 1. The van der Waals surface area contributed by atoms with Crippen LogP contribution in [0.3, 0.4) is 0 Å². The fourth-order valence-electron chi connectivity index (χ4n) is 2.72. The van der Waals surface area contributed by atoms with Crippen molar-refractivity contribution in [1.29, 1.82) is 0 Å². The van der Waals surface area contributed by atoms with Crippen molar-refractivity contribution < 1.29 is 27.5 Å². The maximum Gasteiger partial charge on any atom is 0.416 e. The molecule has 0 heterocycles. The van der Waals surface area contributed by atoms with Crippen molar-refractivity contribution in [2.75, 3.05) is 0 Å². The summed E-state index contributed by atoms with van der Waals surface area (Å²) in [7, 11) is 0. The number of rotatable bonds is 4. The molecule has 26 heavy (non-hydrogen) atoms. The predicted molar refractivity (Wildman–Crippen MR) is 91.1 cm³/mol. The van der Waals surface area contributed by atoms with Crippen LogP contribution in [0, 0.1) is 5.82 Å². The molecule has 2 aromatic rings. The van der Waals surface area contributed by atoms with Gasteiger partial charge in [-0.25, -0.2) is 4.39 Å². The van der Waals surface area contributed by atoms with Crippen LogP contribution >= 0.6 is 0 Å². The molecule has 0 fully saturated rings. The first kappa shape index (κ1) is 19.9. The molecule has 140 valence electrons. The Kier molecular flexibility index (Phi) is 5.44. The third-order valence-electron chi connectivity index (χ3n) is 4.21. The van der Waals surface area contributed by atoms with Crippen LogP contribution in [0.4, 0.5) is 17.6 Å². The first-order chi connectivity index (χ1) is 11.9. The molecule has 0 aliphatic heterocycles. The number of phenolic OH excluding ortho intramolecular Hbond substituents is 1. The van der Waals surface area contributed by atoms with Crippen LogP contribution in [-0.2, 0) is 6.18 Å². The van der Waals surface area contributed by atoms with E-state index in [2.05, 4.69) is 0 Å². The van der Waals surface area contributed by atoms with E-state index in [9.17, 15) is 27.5 Å². The van der Waals surface area contributed by atoms with E-state index in [0.717, 1.165) is 0 Å².